The van der Waals surface area contributed by atoms with Crippen molar-refractivity contribution in [3.8, 4) is 5.75 Å². The molecule has 0 radical (unpaired) electrons. The van der Waals surface area contributed by atoms with Gasteiger partial charge in [-0.25, -0.2) is 0 Å². The molecule has 0 aromatic heterocycles. The summed E-state index contributed by atoms with van der Waals surface area (Å²) in [6, 6.07) is 16.0. The number of hydrogen-bond acceptors (Lipinski definition) is 2. The number of benzene rings is 2. The average Bonchev–Trinajstić information content (AvgIpc) is 2.56. The first-order chi connectivity index (χ1) is 11.5. The fourth-order valence-electron chi connectivity index (χ4n) is 2.62. The van der Waals surface area contributed by atoms with Gasteiger partial charge in [0.1, 0.15) is 5.75 Å². The van der Waals surface area contributed by atoms with Gasteiger partial charge >= 0.3 is 0 Å². The van der Waals surface area contributed by atoms with E-state index in [1.807, 2.05) is 43.3 Å². The predicted octanol–water partition coefficient (Wildman–Crippen LogP) is 4.59. The molecule has 0 aliphatic heterocycles. The van der Waals surface area contributed by atoms with Crippen molar-refractivity contribution in [1.82, 2.24) is 5.32 Å². The largest absolute Gasteiger partial charge is 0.484 e. The molecule has 24 heavy (non-hydrogen) atoms. The van der Waals surface area contributed by atoms with Crippen LogP contribution >= 0.6 is 0 Å². The summed E-state index contributed by atoms with van der Waals surface area (Å²) < 4.78 is 5.63. The molecule has 0 fully saturated rings. The van der Waals surface area contributed by atoms with Crippen molar-refractivity contribution >= 4 is 5.91 Å². The van der Waals surface area contributed by atoms with E-state index in [4.69, 9.17) is 4.74 Å². The van der Waals surface area contributed by atoms with Crippen molar-refractivity contribution < 1.29 is 9.53 Å². The molecule has 1 atom stereocenters. The van der Waals surface area contributed by atoms with Crippen LogP contribution in [-0.2, 0) is 4.79 Å². The standard InChI is InChI=1S/C21H27NO2/c1-15(2)12-20(18-8-6-5-7-9-18)22-21(23)14-24-19-11-10-16(3)17(4)13-19/h5-11,13,15,20H,12,14H2,1-4H3,(H,22,23)/t20-/m0/s1. The number of carbonyl (C=O) groups is 1. The van der Waals surface area contributed by atoms with Gasteiger partial charge in [0.2, 0.25) is 0 Å². The molecule has 1 N–H and O–H groups in total. The summed E-state index contributed by atoms with van der Waals surface area (Å²) in [6.45, 7) is 8.45. The van der Waals surface area contributed by atoms with Crippen molar-refractivity contribution in [2.75, 3.05) is 6.61 Å². The summed E-state index contributed by atoms with van der Waals surface area (Å²) in [6.07, 6.45) is 0.902. The van der Waals surface area contributed by atoms with Gasteiger partial charge in [-0.1, -0.05) is 50.2 Å². The summed E-state index contributed by atoms with van der Waals surface area (Å²) in [5.74, 6) is 1.13. The minimum Gasteiger partial charge on any atom is -0.484 e. The Morgan fingerprint density at radius 1 is 1.04 bits per heavy atom. The van der Waals surface area contributed by atoms with E-state index in [2.05, 4.69) is 38.2 Å². The van der Waals surface area contributed by atoms with Crippen molar-refractivity contribution in [2.24, 2.45) is 5.92 Å². The normalized spacial score (nSPS) is 12.0. The lowest BCUT2D eigenvalue weighted by Crippen LogP contribution is -2.33. The highest BCUT2D eigenvalue weighted by Gasteiger charge is 2.16. The highest BCUT2D eigenvalue weighted by atomic mass is 16.5. The smallest absolute Gasteiger partial charge is 0.258 e. The van der Waals surface area contributed by atoms with Crippen LogP contribution in [-0.4, -0.2) is 12.5 Å². The van der Waals surface area contributed by atoms with Crippen LogP contribution in [0.1, 0.15) is 43.0 Å². The van der Waals surface area contributed by atoms with Crippen molar-refractivity contribution in [1.29, 1.82) is 0 Å². The van der Waals surface area contributed by atoms with E-state index in [-0.39, 0.29) is 18.6 Å². The molecule has 0 bridgehead atoms. The van der Waals surface area contributed by atoms with Gasteiger partial charge in [0.05, 0.1) is 6.04 Å². The van der Waals surface area contributed by atoms with Gasteiger partial charge < -0.3 is 10.1 Å². The number of nitrogens with one attached hydrogen (secondary N) is 1. The number of amides is 1. The van der Waals surface area contributed by atoms with Crippen LogP contribution in [0.2, 0.25) is 0 Å². The zero-order chi connectivity index (χ0) is 17.5. The SMILES string of the molecule is Cc1ccc(OCC(=O)N[C@@H](CC(C)C)c2ccccc2)cc1C. The third kappa shape index (κ3) is 5.41. The maximum absolute atomic E-state index is 12.3. The Kier molecular flexibility index (Phi) is 6.42. The molecule has 2 aromatic carbocycles. The molecule has 2 aromatic rings. The molecule has 0 saturated heterocycles. The second-order valence-electron chi connectivity index (χ2n) is 6.70. The number of rotatable bonds is 7. The molecule has 3 nitrogen and oxygen atoms in total. The Morgan fingerprint density at radius 3 is 2.38 bits per heavy atom. The van der Waals surface area contributed by atoms with Gasteiger partial charge in [-0.05, 0) is 55.0 Å². The Hall–Kier alpha value is -2.29. The van der Waals surface area contributed by atoms with Gasteiger partial charge in [-0.15, -0.1) is 0 Å². The second-order valence-corrected chi connectivity index (χ2v) is 6.70. The van der Waals surface area contributed by atoms with Gasteiger partial charge in [-0.3, -0.25) is 4.79 Å². The minimum atomic E-state index is -0.0947. The van der Waals surface area contributed by atoms with Gasteiger partial charge in [0, 0.05) is 0 Å². The number of hydrogen-bond donors (Lipinski definition) is 1. The summed E-state index contributed by atoms with van der Waals surface area (Å²) in [5, 5.41) is 3.10. The monoisotopic (exact) mass is 325 g/mol. The number of aryl methyl sites for hydroxylation is 2. The molecule has 1 amide bonds. The number of carbonyl (C=O) groups excluding carboxylic acids is 1. The lowest BCUT2D eigenvalue weighted by molar-refractivity contribution is -0.124. The Morgan fingerprint density at radius 2 is 1.75 bits per heavy atom. The highest BCUT2D eigenvalue weighted by Crippen LogP contribution is 2.21. The van der Waals surface area contributed by atoms with Crippen molar-refractivity contribution in [2.45, 2.75) is 40.2 Å². The van der Waals surface area contributed by atoms with Gasteiger partial charge in [0.15, 0.2) is 6.61 Å². The van der Waals surface area contributed by atoms with Gasteiger partial charge in [-0.2, -0.15) is 0 Å². The van der Waals surface area contributed by atoms with Crippen molar-refractivity contribution in [3.63, 3.8) is 0 Å². The van der Waals surface area contributed by atoms with E-state index in [1.165, 1.54) is 5.56 Å². The van der Waals surface area contributed by atoms with Crippen LogP contribution < -0.4 is 10.1 Å². The molecule has 2 rings (SSSR count). The predicted molar refractivity (Wildman–Crippen MR) is 98.2 cm³/mol. The summed E-state index contributed by atoms with van der Waals surface area (Å²) >= 11 is 0. The van der Waals surface area contributed by atoms with Crippen LogP contribution in [0, 0.1) is 19.8 Å². The molecular formula is C21H27NO2. The van der Waals surface area contributed by atoms with Crippen LogP contribution in [0.4, 0.5) is 0 Å². The maximum Gasteiger partial charge on any atom is 0.258 e. The lowest BCUT2D eigenvalue weighted by atomic mass is 9.97. The molecule has 0 spiro atoms. The van der Waals surface area contributed by atoms with Crippen LogP contribution in [0.15, 0.2) is 48.5 Å². The van der Waals surface area contributed by atoms with Crippen molar-refractivity contribution in [3.05, 3.63) is 65.2 Å². The summed E-state index contributed by atoms with van der Waals surface area (Å²) in [7, 11) is 0. The third-order valence-electron chi connectivity index (χ3n) is 4.09. The zero-order valence-electron chi connectivity index (χ0n) is 15.0. The van der Waals surface area contributed by atoms with Gasteiger partial charge in [0.25, 0.3) is 5.91 Å². The summed E-state index contributed by atoms with van der Waals surface area (Å²) in [5.41, 5.74) is 3.51. The van der Waals surface area contributed by atoms with E-state index in [9.17, 15) is 4.79 Å². The van der Waals surface area contributed by atoms with E-state index in [1.54, 1.807) is 0 Å². The van der Waals surface area contributed by atoms with E-state index in [0.717, 1.165) is 23.3 Å². The molecule has 0 aliphatic rings. The topological polar surface area (TPSA) is 38.3 Å². The molecular weight excluding hydrogens is 298 g/mol. The first kappa shape index (κ1) is 18.1. The molecule has 3 heteroatoms. The fraction of sp³-hybridized carbons (Fsp3) is 0.381. The van der Waals surface area contributed by atoms with Crippen LogP contribution in [0.3, 0.4) is 0 Å². The van der Waals surface area contributed by atoms with E-state index >= 15 is 0 Å². The van der Waals surface area contributed by atoms with E-state index < -0.39 is 0 Å². The van der Waals surface area contributed by atoms with Crippen LogP contribution in [0.5, 0.6) is 5.75 Å². The van der Waals surface area contributed by atoms with Crippen LogP contribution in [0.25, 0.3) is 0 Å². The Bertz CT molecular complexity index is 665. The summed E-state index contributed by atoms with van der Waals surface area (Å²) in [4.78, 5) is 12.3. The quantitative estimate of drug-likeness (QED) is 0.809. The zero-order valence-corrected chi connectivity index (χ0v) is 15.0. The number of ether oxygens (including phenoxy) is 1. The van der Waals surface area contributed by atoms with E-state index in [0.29, 0.717) is 5.92 Å². The average molecular weight is 325 g/mol. The Balaban J connectivity index is 1.96. The third-order valence-corrected chi connectivity index (χ3v) is 4.09. The Labute approximate surface area is 145 Å². The molecule has 128 valence electrons. The molecule has 0 saturated carbocycles. The second kappa shape index (κ2) is 8.53. The lowest BCUT2D eigenvalue weighted by Gasteiger charge is -2.21. The minimum absolute atomic E-state index is 0.0158. The molecule has 0 heterocycles. The maximum atomic E-state index is 12.3. The molecule has 0 unspecified atom stereocenters. The first-order valence-electron chi connectivity index (χ1n) is 8.50. The fourth-order valence-corrected chi connectivity index (χ4v) is 2.62. The first-order valence-corrected chi connectivity index (χ1v) is 8.50. The highest BCUT2D eigenvalue weighted by molar-refractivity contribution is 5.78. The molecule has 0 aliphatic carbocycles.